The van der Waals surface area contributed by atoms with Crippen molar-refractivity contribution in [1.82, 2.24) is 0 Å². The number of aliphatic hydroxyl groups excluding tert-OH is 1. The Labute approximate surface area is 114 Å². The van der Waals surface area contributed by atoms with E-state index in [1.807, 2.05) is 24.3 Å². The maximum atomic E-state index is 8.96. The molecule has 2 aromatic carbocycles. The van der Waals surface area contributed by atoms with Gasteiger partial charge in [-0.2, -0.15) is 0 Å². The molecule has 17 heavy (non-hydrogen) atoms. The fourth-order valence-corrected chi connectivity index (χ4v) is 2.99. The van der Waals surface area contributed by atoms with Gasteiger partial charge in [0.15, 0.2) is 0 Å². The van der Waals surface area contributed by atoms with Gasteiger partial charge in [0, 0.05) is 15.1 Å². The fourth-order valence-electron chi connectivity index (χ4n) is 1.46. The van der Waals surface area contributed by atoms with Crippen LogP contribution in [0.25, 0.3) is 0 Å². The van der Waals surface area contributed by atoms with Gasteiger partial charge in [-0.05, 0) is 39.2 Å². The third kappa shape index (κ3) is 3.60. The van der Waals surface area contributed by atoms with Crippen molar-refractivity contribution < 1.29 is 5.11 Å². The van der Waals surface area contributed by atoms with Crippen molar-refractivity contribution in [3.05, 3.63) is 64.1 Å². The molecular weight excluding hydrogens is 296 g/mol. The number of halogens is 1. The van der Waals surface area contributed by atoms with Crippen LogP contribution < -0.4 is 0 Å². The lowest BCUT2D eigenvalue weighted by Gasteiger charge is -2.05. The van der Waals surface area contributed by atoms with Gasteiger partial charge >= 0.3 is 0 Å². The van der Waals surface area contributed by atoms with Crippen LogP contribution in [0.5, 0.6) is 0 Å². The maximum absolute atomic E-state index is 8.96. The van der Waals surface area contributed by atoms with Crippen LogP contribution >= 0.6 is 27.7 Å². The van der Waals surface area contributed by atoms with E-state index in [0.717, 1.165) is 15.8 Å². The monoisotopic (exact) mass is 308 g/mol. The Balaban J connectivity index is 2.00. The molecule has 0 fully saturated rings. The first-order chi connectivity index (χ1) is 8.29. The van der Waals surface area contributed by atoms with Crippen molar-refractivity contribution in [2.45, 2.75) is 17.3 Å². The van der Waals surface area contributed by atoms with E-state index in [2.05, 4.69) is 40.2 Å². The molecule has 1 N–H and O–H groups in total. The lowest BCUT2D eigenvalue weighted by atomic mass is 10.2. The molecule has 3 heteroatoms. The third-order valence-electron chi connectivity index (χ3n) is 2.44. The van der Waals surface area contributed by atoms with Crippen molar-refractivity contribution in [2.24, 2.45) is 0 Å². The van der Waals surface area contributed by atoms with Crippen LogP contribution in [0.4, 0.5) is 0 Å². The highest BCUT2D eigenvalue weighted by atomic mass is 79.9. The number of thioether (sulfide) groups is 1. The average Bonchev–Trinajstić information content (AvgIpc) is 2.38. The third-order valence-corrected chi connectivity index (χ3v) is 4.54. The van der Waals surface area contributed by atoms with E-state index in [0.29, 0.717) is 0 Å². The molecule has 0 aliphatic heterocycles. The molecule has 0 aromatic heterocycles. The molecule has 0 aliphatic rings. The van der Waals surface area contributed by atoms with Gasteiger partial charge in [-0.1, -0.05) is 36.4 Å². The number of benzene rings is 2. The van der Waals surface area contributed by atoms with E-state index in [-0.39, 0.29) is 6.61 Å². The Morgan fingerprint density at radius 3 is 2.24 bits per heavy atom. The molecule has 2 rings (SSSR count). The summed E-state index contributed by atoms with van der Waals surface area (Å²) in [7, 11) is 0. The Morgan fingerprint density at radius 1 is 0.941 bits per heavy atom. The molecule has 0 heterocycles. The van der Waals surface area contributed by atoms with Crippen molar-refractivity contribution >= 4 is 27.7 Å². The van der Waals surface area contributed by atoms with Gasteiger partial charge in [0.1, 0.15) is 0 Å². The van der Waals surface area contributed by atoms with E-state index < -0.39 is 0 Å². The largest absolute Gasteiger partial charge is 0.392 e. The molecule has 0 saturated carbocycles. The first-order valence-electron chi connectivity index (χ1n) is 5.35. The standard InChI is InChI=1S/C14H13BrOS/c15-13-3-1-2-4-14(13)17-10-12-7-5-11(9-16)6-8-12/h1-8,16H,9-10H2. The second-order valence-corrected chi connectivity index (χ2v) is 5.57. The minimum absolute atomic E-state index is 0.109. The van der Waals surface area contributed by atoms with Crippen LogP contribution in [0.3, 0.4) is 0 Å². The second kappa shape index (κ2) is 6.24. The normalized spacial score (nSPS) is 10.5. The van der Waals surface area contributed by atoms with Crippen LogP contribution in [-0.2, 0) is 12.4 Å². The van der Waals surface area contributed by atoms with Crippen molar-refractivity contribution in [3.8, 4) is 0 Å². The van der Waals surface area contributed by atoms with Crippen molar-refractivity contribution in [3.63, 3.8) is 0 Å². The summed E-state index contributed by atoms with van der Waals surface area (Å²) in [6, 6.07) is 16.3. The molecule has 88 valence electrons. The highest BCUT2D eigenvalue weighted by molar-refractivity contribution is 9.10. The quantitative estimate of drug-likeness (QED) is 0.853. The van der Waals surface area contributed by atoms with E-state index in [1.54, 1.807) is 11.8 Å². The second-order valence-electron chi connectivity index (χ2n) is 3.69. The first kappa shape index (κ1) is 12.7. The van der Waals surface area contributed by atoms with Gasteiger partial charge < -0.3 is 5.11 Å². The van der Waals surface area contributed by atoms with Crippen LogP contribution in [0, 0.1) is 0 Å². The zero-order valence-electron chi connectivity index (χ0n) is 9.27. The smallest absolute Gasteiger partial charge is 0.0681 e. The molecule has 0 unspecified atom stereocenters. The van der Waals surface area contributed by atoms with Crippen LogP contribution in [0.2, 0.25) is 0 Å². The van der Waals surface area contributed by atoms with Crippen LogP contribution in [0.1, 0.15) is 11.1 Å². The van der Waals surface area contributed by atoms with Crippen molar-refractivity contribution in [1.29, 1.82) is 0 Å². The summed E-state index contributed by atoms with van der Waals surface area (Å²) in [6.07, 6.45) is 0. The minimum Gasteiger partial charge on any atom is -0.392 e. The maximum Gasteiger partial charge on any atom is 0.0681 e. The highest BCUT2D eigenvalue weighted by Gasteiger charge is 2.00. The lowest BCUT2D eigenvalue weighted by molar-refractivity contribution is 0.282. The van der Waals surface area contributed by atoms with Gasteiger partial charge in [0.25, 0.3) is 0 Å². The summed E-state index contributed by atoms with van der Waals surface area (Å²) in [4.78, 5) is 1.25. The summed E-state index contributed by atoms with van der Waals surface area (Å²) in [6.45, 7) is 0.109. The van der Waals surface area contributed by atoms with E-state index in [1.165, 1.54) is 10.5 Å². The summed E-state index contributed by atoms with van der Waals surface area (Å²) >= 11 is 5.34. The van der Waals surface area contributed by atoms with Crippen molar-refractivity contribution in [2.75, 3.05) is 0 Å². The topological polar surface area (TPSA) is 20.2 Å². The van der Waals surface area contributed by atoms with E-state index in [9.17, 15) is 0 Å². The predicted molar refractivity (Wildman–Crippen MR) is 76.1 cm³/mol. The zero-order chi connectivity index (χ0) is 12.1. The molecule has 0 bridgehead atoms. The summed E-state index contributed by atoms with van der Waals surface area (Å²) in [5.74, 6) is 0.939. The molecule has 0 saturated heterocycles. The Hall–Kier alpha value is -0.770. The highest BCUT2D eigenvalue weighted by Crippen LogP contribution is 2.29. The van der Waals surface area contributed by atoms with E-state index in [4.69, 9.17) is 5.11 Å². The number of aliphatic hydroxyl groups is 1. The first-order valence-corrected chi connectivity index (χ1v) is 7.13. The summed E-state index contributed by atoms with van der Waals surface area (Å²) in [5.41, 5.74) is 2.22. The number of hydrogen-bond acceptors (Lipinski definition) is 2. The molecular formula is C14H13BrOS. The molecule has 0 atom stereocenters. The SMILES string of the molecule is OCc1ccc(CSc2ccccc2Br)cc1. The van der Waals surface area contributed by atoms with Gasteiger partial charge in [-0.25, -0.2) is 0 Å². The summed E-state index contributed by atoms with van der Waals surface area (Å²) < 4.78 is 1.14. The fraction of sp³-hybridized carbons (Fsp3) is 0.143. The molecule has 0 aliphatic carbocycles. The van der Waals surface area contributed by atoms with Crippen LogP contribution in [0.15, 0.2) is 57.9 Å². The average molecular weight is 309 g/mol. The Bertz CT molecular complexity index is 482. The summed E-state index contributed by atoms with van der Waals surface area (Å²) in [5, 5.41) is 8.96. The van der Waals surface area contributed by atoms with Gasteiger partial charge in [-0.3, -0.25) is 0 Å². The zero-order valence-corrected chi connectivity index (χ0v) is 11.7. The minimum atomic E-state index is 0.109. The molecule has 2 aromatic rings. The van der Waals surface area contributed by atoms with Gasteiger partial charge in [0.05, 0.1) is 6.61 Å². The van der Waals surface area contributed by atoms with Crippen LogP contribution in [-0.4, -0.2) is 5.11 Å². The Kier molecular flexibility index (Phi) is 4.66. The Morgan fingerprint density at radius 2 is 1.59 bits per heavy atom. The van der Waals surface area contributed by atoms with Gasteiger partial charge in [0.2, 0.25) is 0 Å². The van der Waals surface area contributed by atoms with Gasteiger partial charge in [-0.15, -0.1) is 11.8 Å². The number of rotatable bonds is 4. The predicted octanol–water partition coefficient (Wildman–Crippen LogP) is 4.23. The number of hydrogen-bond donors (Lipinski definition) is 1. The molecule has 0 spiro atoms. The molecule has 0 amide bonds. The molecule has 1 nitrogen and oxygen atoms in total. The lowest BCUT2D eigenvalue weighted by Crippen LogP contribution is -1.85. The molecule has 0 radical (unpaired) electrons. The van der Waals surface area contributed by atoms with E-state index >= 15 is 0 Å².